The predicted molar refractivity (Wildman–Crippen MR) is 467 cm³/mol. The molecule has 29 heteroatoms. The van der Waals surface area contributed by atoms with Crippen LogP contribution in [0.15, 0.2) is 53.4 Å². The Balaban J connectivity index is 0.000000623. The third-order valence-corrected chi connectivity index (χ3v) is 24.9. The van der Waals surface area contributed by atoms with Crippen molar-refractivity contribution in [2.75, 3.05) is 79.2 Å². The number of aromatic nitrogens is 7. The van der Waals surface area contributed by atoms with Crippen molar-refractivity contribution in [2.45, 2.75) is 146 Å². The van der Waals surface area contributed by atoms with E-state index in [9.17, 15) is 24.0 Å². The summed E-state index contributed by atoms with van der Waals surface area (Å²) in [5, 5.41) is 28.9. The van der Waals surface area contributed by atoms with Gasteiger partial charge in [0.25, 0.3) is 17.7 Å². The van der Waals surface area contributed by atoms with Gasteiger partial charge in [0.1, 0.15) is 23.3 Å². The van der Waals surface area contributed by atoms with E-state index in [1.165, 1.54) is 26.3 Å². The number of carbonyl (C=O) groups is 5. The van der Waals surface area contributed by atoms with Crippen molar-refractivity contribution in [3.63, 3.8) is 0 Å². The third-order valence-electron chi connectivity index (χ3n) is 18.2. The van der Waals surface area contributed by atoms with Crippen LogP contribution in [0.1, 0.15) is 149 Å². The number of hydrogen-bond acceptors (Lipinski definition) is 16. The smallest absolute Gasteiger partial charge is 0.337 e. The molecule has 3 amide bonds. The topological polar surface area (TPSA) is 233 Å². The van der Waals surface area contributed by atoms with E-state index in [1.54, 1.807) is 142 Å². The van der Waals surface area contributed by atoms with Gasteiger partial charge in [0.2, 0.25) is 0 Å². The number of nitrogens with zero attached hydrogens (tertiary/aromatic N) is 9. The van der Waals surface area contributed by atoms with Crippen LogP contribution < -0.4 is 25.3 Å². The van der Waals surface area contributed by atoms with E-state index in [1.807, 2.05) is 177 Å². The first kappa shape index (κ1) is 97.4. The molecule has 0 fully saturated rings. The largest absolute Gasteiger partial charge is 0.496 e. The van der Waals surface area contributed by atoms with Crippen LogP contribution in [0.3, 0.4) is 0 Å². The second-order valence-corrected chi connectivity index (χ2v) is 34.3. The number of carboxylic acids is 1. The molecule has 8 rings (SSSR count). The molecule has 0 spiro atoms. The SMILES string of the molecule is C=II.COc1cc(OC)c(CNC(=O)c2c(C)c(SC)n(C)c2C)c(OC)c1.CSc1c(C)c(C#N)c(C)n1C.CSc1c(C)c(C(=O)N(C)C)c(C)n1C.CSc1c(C)c(C(=O)O)c(C)n1C.CSc1c(C)c(C(C)=O)c(C)n1C.CSc1c(C)c(C(N)=O)c(C)n1C.CSc1c(C)cc(C)n1C. The lowest BCUT2D eigenvalue weighted by atomic mass is 10.1. The maximum absolute atomic E-state index is 12.8. The Morgan fingerprint density at radius 3 is 1.08 bits per heavy atom. The molecule has 0 aliphatic heterocycles. The number of methoxy groups -OCH3 is 3. The highest BCUT2D eigenvalue weighted by Crippen LogP contribution is 2.36. The van der Waals surface area contributed by atoms with E-state index in [4.69, 9.17) is 30.3 Å². The van der Waals surface area contributed by atoms with Crippen molar-refractivity contribution in [2.24, 2.45) is 55.1 Å². The number of ether oxygens (including phenoxy) is 3. The van der Waals surface area contributed by atoms with Gasteiger partial charge in [0.05, 0.1) is 96.4 Å². The van der Waals surface area contributed by atoms with E-state index >= 15 is 0 Å². The standard InChI is InChI=1S/C19H26N2O4S.C11H18N2OS.C10H15NOS.C9H14N2OS.C9H12N2S.C9H13NO2S.C8H13NS.CH2I2/c1-11-17(12(2)21(3)19(11)26-7)18(22)20-10-14-15(24-5)8-13(23-4)9-16(14)25-6;1-7-9(10(14)12(3)4)8(2)13(5)11(7)15-6;1-6-9(8(3)12)7(2)11(4)10(6)13-5;1-5-7(8(10)12)6(2)11(3)9(5)13-4;1-6-8(5-10)7(2)11(3)9(6)12-4;1-5-7(9(11)12)6(2)10(3)8(5)13-4;1-6-5-7(2)9(3)8(6)10-4;1-3-2/h8-9H,10H2,1-7H3,(H,20,22);1-6H3;1-5H3;1-4H3,(H2,10,12);1-4H3;1-4H3,(H,11,12);5H,1-4H3;1H2. The molecule has 582 valence electrons. The number of aryl methyl sites for hydroxylation is 2. The lowest BCUT2D eigenvalue weighted by molar-refractivity contribution is 0.0693. The van der Waals surface area contributed by atoms with Crippen LogP contribution in [-0.4, -0.2) is 155 Å². The highest BCUT2D eigenvalue weighted by Gasteiger charge is 2.25. The molecule has 7 heterocycles. The van der Waals surface area contributed by atoms with Crippen molar-refractivity contribution in [1.82, 2.24) is 42.2 Å². The number of hydrogen-bond donors (Lipinski definition) is 3. The zero-order valence-corrected chi connectivity index (χ0v) is 78.1. The maximum atomic E-state index is 12.8. The van der Waals surface area contributed by atoms with Crippen LogP contribution >= 0.6 is 118 Å². The highest BCUT2D eigenvalue weighted by molar-refractivity contribution is 15.0. The van der Waals surface area contributed by atoms with Crippen LogP contribution in [0.25, 0.3) is 0 Å². The van der Waals surface area contributed by atoms with Gasteiger partial charge in [-0.25, -0.2) is 4.79 Å². The van der Waals surface area contributed by atoms with Crippen molar-refractivity contribution in [3.05, 3.63) is 136 Å². The van der Waals surface area contributed by atoms with E-state index in [2.05, 4.69) is 86.0 Å². The molecule has 0 aliphatic carbocycles. The highest BCUT2D eigenvalue weighted by atomic mass is 128. The van der Waals surface area contributed by atoms with Gasteiger partial charge in [-0.15, -0.1) is 82.3 Å². The minimum Gasteiger partial charge on any atom is -0.496 e. The monoisotopic (exact) mass is 1800 g/mol. The summed E-state index contributed by atoms with van der Waals surface area (Å²) in [6.45, 7) is 29.6. The number of nitrogens with two attached hydrogens (primary N) is 1. The zero-order valence-electron chi connectivity index (χ0n) is 68.1. The second-order valence-electron chi connectivity index (χ2n) is 24.3. The van der Waals surface area contributed by atoms with Crippen molar-refractivity contribution in [3.8, 4) is 23.3 Å². The molecule has 0 atom stereocenters. The molecule has 0 radical (unpaired) electrons. The fraction of sp³-hybridized carbons (Fsp3) is 0.461. The molecule has 0 saturated carbocycles. The first-order valence-corrected chi connectivity index (χ1v) is 49.0. The average molecular weight is 1800 g/mol. The number of nitrogens with one attached hydrogen (secondary N) is 1. The van der Waals surface area contributed by atoms with E-state index < -0.39 is 5.97 Å². The number of Topliss-reactive ketones (excluding diaryl/α,β-unsaturated/α-hetero) is 1. The van der Waals surface area contributed by atoms with Crippen molar-refractivity contribution in [1.29, 1.82) is 5.26 Å². The minimum absolute atomic E-state index is 0.0842. The molecular weight excluding hydrogens is 1690 g/mol. The first-order valence-electron chi connectivity index (χ1n) is 32.6. The lowest BCUT2D eigenvalue weighted by Gasteiger charge is -2.15. The van der Waals surface area contributed by atoms with Crippen LogP contribution in [0.4, 0.5) is 0 Å². The predicted octanol–water partition coefficient (Wildman–Crippen LogP) is 17.8. The number of nitriles is 1. The lowest BCUT2D eigenvalue weighted by Crippen LogP contribution is -2.24. The second kappa shape index (κ2) is 45.4. The van der Waals surface area contributed by atoms with Crippen molar-refractivity contribution < 1.29 is 43.3 Å². The van der Waals surface area contributed by atoms with Crippen LogP contribution in [-0.2, 0) is 55.9 Å². The Kier molecular flexibility index (Phi) is 42.1. The van der Waals surface area contributed by atoms with Crippen molar-refractivity contribution >= 4 is 152 Å². The summed E-state index contributed by atoms with van der Waals surface area (Å²) in [5.74, 6) is 0.785. The van der Waals surface area contributed by atoms with Gasteiger partial charge < -0.3 is 67.2 Å². The van der Waals surface area contributed by atoms with E-state index in [-0.39, 0.29) is 30.0 Å². The molecular formula is C76H113I2N11O9S7. The van der Waals surface area contributed by atoms with Gasteiger partial charge in [-0.1, -0.05) is 21.3 Å². The maximum Gasteiger partial charge on any atom is 0.337 e. The summed E-state index contributed by atoms with van der Waals surface area (Å²) in [7, 11) is 22.2. The fourth-order valence-electron chi connectivity index (χ4n) is 12.4. The van der Waals surface area contributed by atoms with Gasteiger partial charge in [-0.3, -0.25) is 19.2 Å². The summed E-state index contributed by atoms with van der Waals surface area (Å²) in [6.07, 6.45) is 14.2. The van der Waals surface area contributed by atoms with Crippen LogP contribution in [0.5, 0.6) is 17.2 Å². The number of rotatable bonds is 17. The summed E-state index contributed by atoms with van der Waals surface area (Å²) < 4.78 is 34.1. The molecule has 7 aromatic heterocycles. The van der Waals surface area contributed by atoms with E-state index in [0.29, 0.717) is 50.7 Å². The normalized spacial score (nSPS) is 10.3. The number of carbonyl (C=O) groups excluding carboxylic acids is 4. The number of primary amides is 1. The van der Waals surface area contributed by atoms with Gasteiger partial charge in [0, 0.05) is 121 Å². The Morgan fingerprint density at radius 1 is 0.514 bits per heavy atom. The van der Waals surface area contributed by atoms with Gasteiger partial charge in [-0.05, 0) is 211 Å². The molecule has 0 aliphatic rings. The number of amides is 3. The summed E-state index contributed by atoms with van der Waals surface area (Å²) >= 11 is 14.3. The van der Waals surface area contributed by atoms with Gasteiger partial charge >= 0.3 is 5.97 Å². The van der Waals surface area contributed by atoms with E-state index in [0.717, 1.165) is 110 Å². The van der Waals surface area contributed by atoms with Crippen LogP contribution in [0, 0.1) is 108 Å². The Hall–Kier alpha value is -5.60. The summed E-state index contributed by atoms with van der Waals surface area (Å²) in [6, 6.07) is 7.98. The molecule has 0 bridgehead atoms. The number of carboxylic acid groups (broad SMARTS) is 1. The summed E-state index contributed by atoms with van der Waals surface area (Å²) in [4.78, 5) is 59.8. The molecule has 20 nitrogen and oxygen atoms in total. The number of thioether (sulfide) groups is 7. The Morgan fingerprint density at radius 2 is 0.829 bits per heavy atom. The molecule has 0 saturated heterocycles. The number of ketones is 1. The zero-order chi connectivity index (χ0) is 81.4. The van der Waals surface area contributed by atoms with Gasteiger partial charge in [-0.2, -0.15) is 5.26 Å². The fourth-order valence-corrected chi connectivity index (χ4v) is 18.1. The molecule has 0 unspecified atom stereocenters. The third kappa shape index (κ3) is 23.5. The molecule has 1 aromatic carbocycles. The molecule has 8 aromatic rings. The Bertz CT molecular complexity index is 4230. The van der Waals surface area contributed by atoms with Crippen LogP contribution in [0.2, 0.25) is 0 Å². The number of aromatic carboxylic acids is 1. The Labute approximate surface area is 675 Å². The average Bonchev–Trinajstić information content (AvgIpc) is 1.53. The number of benzene rings is 1. The minimum atomic E-state index is -0.842. The molecule has 4 N–H and O–H groups in total. The molecule has 105 heavy (non-hydrogen) atoms. The number of halogens is 2. The first-order chi connectivity index (χ1) is 49.0. The summed E-state index contributed by atoms with van der Waals surface area (Å²) in [5.41, 5.74) is 25.1. The van der Waals surface area contributed by atoms with Gasteiger partial charge in [0.15, 0.2) is 5.78 Å². The quantitative estimate of drug-likeness (QED) is 0.0437.